The Labute approximate surface area is 380 Å². The maximum atomic E-state index is 12.8. The van der Waals surface area contributed by atoms with E-state index in [0.717, 1.165) is 75.5 Å². The molecule has 1 atom stereocenters. The normalized spacial score (nSPS) is 12.1. The van der Waals surface area contributed by atoms with Gasteiger partial charge in [0.25, 0.3) is 0 Å². The molecule has 0 saturated heterocycles. The van der Waals surface area contributed by atoms with Gasteiger partial charge in [0.2, 0.25) is 0 Å². The van der Waals surface area contributed by atoms with Crippen LogP contribution in [-0.2, 0) is 28.6 Å². The largest absolute Gasteiger partial charge is 0.462 e. The van der Waals surface area contributed by atoms with Crippen molar-refractivity contribution in [2.45, 2.75) is 304 Å². The van der Waals surface area contributed by atoms with Gasteiger partial charge in [-0.2, -0.15) is 0 Å². The van der Waals surface area contributed by atoms with Gasteiger partial charge in [-0.25, -0.2) is 0 Å². The van der Waals surface area contributed by atoms with Crippen molar-refractivity contribution in [1.29, 1.82) is 0 Å². The lowest BCUT2D eigenvalue weighted by Crippen LogP contribution is -2.30. The van der Waals surface area contributed by atoms with Crippen molar-refractivity contribution in [2.75, 3.05) is 13.2 Å². The minimum atomic E-state index is -0.763. The number of ether oxygens (including phenoxy) is 3. The molecule has 0 aromatic carbocycles. The third kappa shape index (κ3) is 49.3. The molecule has 0 radical (unpaired) electrons. The molecule has 0 amide bonds. The van der Waals surface area contributed by atoms with Crippen molar-refractivity contribution in [3.8, 4) is 0 Å². The van der Waals surface area contributed by atoms with E-state index in [1.807, 2.05) is 0 Å². The topological polar surface area (TPSA) is 78.9 Å². The van der Waals surface area contributed by atoms with Crippen LogP contribution >= 0.6 is 0 Å². The average Bonchev–Trinajstić information content (AvgIpc) is 3.22. The highest BCUT2D eigenvalue weighted by Gasteiger charge is 2.19. The van der Waals surface area contributed by atoms with Crippen LogP contribution < -0.4 is 0 Å². The van der Waals surface area contributed by atoms with E-state index in [1.54, 1.807) is 0 Å². The predicted octanol–water partition coefficient (Wildman–Crippen LogP) is 17.6. The summed E-state index contributed by atoms with van der Waals surface area (Å²) in [4.78, 5) is 38.0. The number of rotatable bonds is 48. The fourth-order valence-corrected chi connectivity index (χ4v) is 8.29. The molecule has 61 heavy (non-hydrogen) atoms. The van der Waals surface area contributed by atoms with Crippen LogP contribution in [0.3, 0.4) is 0 Å². The highest BCUT2D eigenvalue weighted by Crippen LogP contribution is 2.18. The molecule has 0 saturated carbocycles. The fourth-order valence-electron chi connectivity index (χ4n) is 8.29. The minimum Gasteiger partial charge on any atom is -0.462 e. The van der Waals surface area contributed by atoms with Crippen molar-refractivity contribution in [1.82, 2.24) is 0 Å². The van der Waals surface area contributed by atoms with Crippen LogP contribution in [0.2, 0.25) is 0 Å². The number of esters is 3. The fraction of sp³-hybridized carbons (Fsp3) is 0.945. The van der Waals surface area contributed by atoms with E-state index in [4.69, 9.17) is 14.2 Å². The Balaban J connectivity index is 4.31. The van der Waals surface area contributed by atoms with Crippen LogP contribution in [0.25, 0.3) is 0 Å². The summed E-state index contributed by atoms with van der Waals surface area (Å²) in [7, 11) is 0. The molecule has 0 spiro atoms. The molecular weight excluding hydrogens is 757 g/mol. The zero-order valence-corrected chi connectivity index (χ0v) is 42.0. The van der Waals surface area contributed by atoms with E-state index in [2.05, 4.69) is 41.5 Å². The molecule has 0 aliphatic heterocycles. The maximum absolute atomic E-state index is 12.8. The zero-order chi connectivity index (χ0) is 44.9. The molecule has 0 heterocycles. The lowest BCUT2D eigenvalue weighted by atomic mass is 10.0. The summed E-state index contributed by atoms with van der Waals surface area (Å²) in [6.45, 7) is 13.7. The SMILES string of the molecule is CC(C)CCCCCCCCCCCCCCCCC(=O)O[C@@H](COC(=O)CCCCCCCCCCCCCC(C)C)COC(=O)CCCCCCCCCCCC(C)C. The van der Waals surface area contributed by atoms with Gasteiger partial charge in [-0.15, -0.1) is 0 Å². The minimum absolute atomic E-state index is 0.0644. The molecule has 0 aliphatic carbocycles. The third-order valence-electron chi connectivity index (χ3n) is 12.4. The average molecular weight is 863 g/mol. The predicted molar refractivity (Wildman–Crippen MR) is 261 cm³/mol. The third-order valence-corrected chi connectivity index (χ3v) is 12.4. The second-order valence-electron chi connectivity index (χ2n) is 20.3. The van der Waals surface area contributed by atoms with Gasteiger partial charge < -0.3 is 14.2 Å². The number of carbonyl (C=O) groups is 3. The monoisotopic (exact) mass is 863 g/mol. The van der Waals surface area contributed by atoms with Crippen molar-refractivity contribution >= 4 is 17.9 Å². The van der Waals surface area contributed by atoms with E-state index >= 15 is 0 Å². The number of carbonyl (C=O) groups excluding carboxylic acids is 3. The number of hydrogen-bond acceptors (Lipinski definition) is 6. The molecule has 0 fully saturated rings. The Kier molecular flexibility index (Phi) is 45.2. The summed E-state index contributed by atoms with van der Waals surface area (Å²) >= 11 is 0. The van der Waals surface area contributed by atoms with E-state index in [9.17, 15) is 14.4 Å². The molecule has 0 aliphatic rings. The molecule has 0 rings (SSSR count). The Morgan fingerprint density at radius 1 is 0.279 bits per heavy atom. The summed E-state index contributed by atoms with van der Waals surface area (Å²) in [6, 6.07) is 0. The summed E-state index contributed by atoms with van der Waals surface area (Å²) in [6.07, 6.45) is 46.6. The van der Waals surface area contributed by atoms with Gasteiger partial charge in [-0.3, -0.25) is 14.4 Å². The first kappa shape index (κ1) is 59.4. The van der Waals surface area contributed by atoms with E-state index in [1.165, 1.54) is 180 Å². The van der Waals surface area contributed by atoms with E-state index in [0.29, 0.717) is 19.3 Å². The Bertz CT molecular complexity index is 945. The van der Waals surface area contributed by atoms with Gasteiger partial charge in [-0.1, -0.05) is 260 Å². The molecule has 0 unspecified atom stereocenters. The zero-order valence-electron chi connectivity index (χ0n) is 42.0. The Morgan fingerprint density at radius 3 is 0.705 bits per heavy atom. The molecule has 0 aromatic heterocycles. The van der Waals surface area contributed by atoms with Crippen molar-refractivity contribution in [3.05, 3.63) is 0 Å². The quantitative estimate of drug-likeness (QED) is 0.0344. The van der Waals surface area contributed by atoms with Crippen molar-refractivity contribution < 1.29 is 28.6 Å². The summed E-state index contributed by atoms with van der Waals surface area (Å²) in [5, 5.41) is 0. The molecular formula is C55H106O6. The van der Waals surface area contributed by atoms with Crippen LogP contribution in [0, 0.1) is 17.8 Å². The van der Waals surface area contributed by atoms with Gasteiger partial charge in [-0.05, 0) is 37.0 Å². The van der Waals surface area contributed by atoms with Gasteiger partial charge in [0.1, 0.15) is 13.2 Å². The molecule has 0 aromatic rings. The van der Waals surface area contributed by atoms with Gasteiger partial charge in [0, 0.05) is 19.3 Å². The van der Waals surface area contributed by atoms with Crippen LogP contribution in [0.4, 0.5) is 0 Å². The highest BCUT2D eigenvalue weighted by molar-refractivity contribution is 5.71. The van der Waals surface area contributed by atoms with Crippen LogP contribution in [0.1, 0.15) is 298 Å². The highest BCUT2D eigenvalue weighted by atomic mass is 16.6. The molecule has 0 N–H and O–H groups in total. The standard InChI is InChI=1S/C55H106O6/c1-49(2)41-35-29-23-17-12-9-7-8-10-14-21-28-34-40-46-55(58)61-52(48-60-54(57)45-39-33-27-22-16-19-25-31-37-43-51(5)6)47-59-53(56)44-38-32-26-20-15-11-13-18-24-30-36-42-50(3)4/h49-52H,7-48H2,1-6H3/t52-/m0/s1. The first-order valence-corrected chi connectivity index (χ1v) is 27.1. The summed E-state index contributed by atoms with van der Waals surface area (Å²) in [5.74, 6) is 1.63. The Hall–Kier alpha value is -1.59. The summed E-state index contributed by atoms with van der Waals surface area (Å²) < 4.78 is 16.8. The lowest BCUT2D eigenvalue weighted by molar-refractivity contribution is -0.167. The second-order valence-corrected chi connectivity index (χ2v) is 20.3. The number of hydrogen-bond donors (Lipinski definition) is 0. The lowest BCUT2D eigenvalue weighted by Gasteiger charge is -2.18. The smallest absolute Gasteiger partial charge is 0.306 e. The number of unbranched alkanes of at least 4 members (excludes halogenated alkanes) is 31. The Morgan fingerprint density at radius 2 is 0.475 bits per heavy atom. The maximum Gasteiger partial charge on any atom is 0.306 e. The van der Waals surface area contributed by atoms with Gasteiger partial charge in [0.15, 0.2) is 6.10 Å². The second kappa shape index (κ2) is 46.4. The van der Waals surface area contributed by atoms with E-state index < -0.39 is 6.10 Å². The first-order chi connectivity index (χ1) is 29.6. The molecule has 0 bridgehead atoms. The van der Waals surface area contributed by atoms with Crippen molar-refractivity contribution in [2.24, 2.45) is 17.8 Å². The van der Waals surface area contributed by atoms with Gasteiger partial charge in [0.05, 0.1) is 0 Å². The molecule has 362 valence electrons. The van der Waals surface area contributed by atoms with Crippen molar-refractivity contribution in [3.63, 3.8) is 0 Å². The van der Waals surface area contributed by atoms with E-state index in [-0.39, 0.29) is 31.1 Å². The van der Waals surface area contributed by atoms with Crippen LogP contribution in [-0.4, -0.2) is 37.2 Å². The van der Waals surface area contributed by atoms with Gasteiger partial charge >= 0.3 is 17.9 Å². The van der Waals surface area contributed by atoms with Crippen LogP contribution in [0.5, 0.6) is 0 Å². The molecule has 6 heteroatoms. The summed E-state index contributed by atoms with van der Waals surface area (Å²) in [5.41, 5.74) is 0. The molecule has 6 nitrogen and oxygen atoms in total. The first-order valence-electron chi connectivity index (χ1n) is 27.1. The van der Waals surface area contributed by atoms with Crippen LogP contribution in [0.15, 0.2) is 0 Å².